The standard InChI is InChI=1S/C23H25ClF5N3O.CH2O2/c1-31(22(33)10-15(30)8-14-9-19(26)20(27)11-18(14)25)12-21(16-4-2-3-5-17(16)24)32-7-6-23(28,29)13-32;2-1-3/h2-5,9,11,15,21H,6-8,10,12-13,30H2,1H3;1H,(H,2,3)/t15-,21+;/m1./s1. The molecular weight excluding hydrogens is 509 g/mol. The molecule has 36 heavy (non-hydrogen) atoms. The summed E-state index contributed by atoms with van der Waals surface area (Å²) in [5.74, 6) is -6.67. The number of nitrogens with two attached hydrogens (primary N) is 1. The first kappa shape index (κ1) is 29.5. The first-order chi connectivity index (χ1) is 16.9. The van der Waals surface area contributed by atoms with Gasteiger partial charge in [-0.2, -0.15) is 0 Å². The molecule has 3 rings (SSSR count). The Morgan fingerprint density at radius 2 is 1.83 bits per heavy atom. The van der Waals surface area contributed by atoms with Crippen LogP contribution in [0.25, 0.3) is 0 Å². The largest absolute Gasteiger partial charge is 0.483 e. The van der Waals surface area contributed by atoms with Gasteiger partial charge in [0.25, 0.3) is 12.4 Å². The summed E-state index contributed by atoms with van der Waals surface area (Å²) >= 11 is 6.31. The third kappa shape index (κ3) is 8.14. The van der Waals surface area contributed by atoms with Crippen LogP contribution in [0.5, 0.6) is 0 Å². The van der Waals surface area contributed by atoms with Gasteiger partial charge in [0.05, 0.1) is 12.6 Å². The molecule has 1 heterocycles. The Hall–Kier alpha value is -2.76. The van der Waals surface area contributed by atoms with Crippen molar-refractivity contribution in [3.8, 4) is 0 Å². The minimum atomic E-state index is -2.82. The second-order valence-corrected chi connectivity index (χ2v) is 8.93. The van der Waals surface area contributed by atoms with Crippen molar-refractivity contribution < 1.29 is 36.6 Å². The summed E-state index contributed by atoms with van der Waals surface area (Å²) < 4.78 is 68.2. The van der Waals surface area contributed by atoms with E-state index < -0.39 is 47.9 Å². The molecule has 2 atom stereocenters. The van der Waals surface area contributed by atoms with Crippen LogP contribution in [0.1, 0.15) is 30.0 Å². The fourth-order valence-electron chi connectivity index (χ4n) is 4.00. The number of likely N-dealkylation sites (tertiary alicyclic amines) is 1. The normalized spacial score (nSPS) is 16.6. The van der Waals surface area contributed by atoms with Crippen LogP contribution in [-0.2, 0) is 16.0 Å². The van der Waals surface area contributed by atoms with E-state index in [1.807, 2.05) is 0 Å². The lowest BCUT2D eigenvalue weighted by Gasteiger charge is -2.32. The lowest BCUT2D eigenvalue weighted by molar-refractivity contribution is -0.131. The summed E-state index contributed by atoms with van der Waals surface area (Å²) in [4.78, 5) is 24.1. The Balaban J connectivity index is 0.00000145. The van der Waals surface area contributed by atoms with Gasteiger partial charge in [-0.25, -0.2) is 22.0 Å². The molecule has 0 spiro atoms. The third-order valence-electron chi connectivity index (χ3n) is 5.78. The maximum Gasteiger partial charge on any atom is 0.290 e. The minimum Gasteiger partial charge on any atom is -0.483 e. The molecule has 0 saturated carbocycles. The molecule has 0 aliphatic carbocycles. The van der Waals surface area contributed by atoms with Crippen molar-refractivity contribution in [2.24, 2.45) is 5.73 Å². The summed E-state index contributed by atoms with van der Waals surface area (Å²) in [6, 6.07) is 6.62. The van der Waals surface area contributed by atoms with E-state index in [0.29, 0.717) is 16.7 Å². The molecule has 1 aliphatic heterocycles. The molecule has 1 amide bonds. The molecule has 12 heteroatoms. The average molecular weight is 536 g/mol. The lowest BCUT2D eigenvalue weighted by Crippen LogP contribution is -2.41. The highest BCUT2D eigenvalue weighted by Crippen LogP contribution is 2.36. The number of halogens is 6. The maximum atomic E-state index is 13.9. The lowest BCUT2D eigenvalue weighted by atomic mass is 10.0. The zero-order chi connectivity index (χ0) is 27.0. The Labute approximate surface area is 210 Å². The molecule has 6 nitrogen and oxygen atoms in total. The molecule has 0 aromatic heterocycles. The fourth-order valence-corrected chi connectivity index (χ4v) is 4.26. The fraction of sp³-hybridized carbons (Fsp3) is 0.417. The van der Waals surface area contributed by atoms with E-state index in [1.165, 1.54) is 11.9 Å². The number of amides is 1. The van der Waals surface area contributed by atoms with E-state index in [1.54, 1.807) is 29.2 Å². The highest BCUT2D eigenvalue weighted by Gasteiger charge is 2.42. The van der Waals surface area contributed by atoms with Crippen LogP contribution >= 0.6 is 11.6 Å². The van der Waals surface area contributed by atoms with Crippen molar-refractivity contribution >= 4 is 24.0 Å². The number of hydrogen-bond donors (Lipinski definition) is 2. The number of likely N-dealkylation sites (N-methyl/N-ethyl adjacent to an activating group) is 1. The van der Waals surface area contributed by atoms with Crippen molar-refractivity contribution in [3.63, 3.8) is 0 Å². The Morgan fingerprint density at radius 3 is 2.42 bits per heavy atom. The number of nitrogens with zero attached hydrogens (tertiary/aromatic N) is 2. The molecule has 198 valence electrons. The number of alkyl halides is 2. The summed E-state index contributed by atoms with van der Waals surface area (Å²) in [6.07, 6.45) is -0.647. The number of carboxylic acid groups (broad SMARTS) is 1. The quantitative estimate of drug-likeness (QED) is 0.300. The predicted molar refractivity (Wildman–Crippen MR) is 124 cm³/mol. The monoisotopic (exact) mass is 535 g/mol. The Bertz CT molecular complexity index is 1060. The van der Waals surface area contributed by atoms with E-state index in [-0.39, 0.29) is 44.4 Å². The van der Waals surface area contributed by atoms with E-state index in [2.05, 4.69) is 0 Å². The second-order valence-electron chi connectivity index (χ2n) is 8.52. The number of carbonyl (C=O) groups is 2. The molecule has 3 N–H and O–H groups in total. The summed E-state index contributed by atoms with van der Waals surface area (Å²) in [7, 11) is 1.52. The molecule has 0 bridgehead atoms. The van der Waals surface area contributed by atoms with E-state index in [4.69, 9.17) is 27.2 Å². The van der Waals surface area contributed by atoms with Crippen molar-refractivity contribution in [1.29, 1.82) is 0 Å². The highest BCUT2D eigenvalue weighted by atomic mass is 35.5. The minimum absolute atomic E-state index is 0.0882. The molecule has 1 aliphatic rings. The van der Waals surface area contributed by atoms with Crippen LogP contribution in [0.15, 0.2) is 36.4 Å². The number of carbonyl (C=O) groups excluding carboxylic acids is 1. The van der Waals surface area contributed by atoms with Crippen LogP contribution < -0.4 is 5.73 Å². The van der Waals surface area contributed by atoms with Crippen molar-refractivity contribution in [2.45, 2.75) is 37.3 Å². The van der Waals surface area contributed by atoms with Crippen molar-refractivity contribution in [2.75, 3.05) is 26.7 Å². The summed E-state index contributed by atoms with van der Waals surface area (Å²) in [5, 5.41) is 7.30. The molecule has 1 saturated heterocycles. The van der Waals surface area contributed by atoms with E-state index in [9.17, 15) is 26.7 Å². The number of benzene rings is 2. The van der Waals surface area contributed by atoms with Crippen LogP contribution in [0, 0.1) is 17.5 Å². The molecule has 0 radical (unpaired) electrons. The molecule has 0 unspecified atom stereocenters. The average Bonchev–Trinajstić information content (AvgIpc) is 3.16. The van der Waals surface area contributed by atoms with Gasteiger partial charge in [-0.15, -0.1) is 0 Å². The van der Waals surface area contributed by atoms with Gasteiger partial charge in [-0.1, -0.05) is 29.8 Å². The van der Waals surface area contributed by atoms with Crippen molar-refractivity contribution in [3.05, 3.63) is 70.0 Å². The molecule has 2 aromatic carbocycles. The van der Waals surface area contributed by atoms with Gasteiger partial charge < -0.3 is 15.7 Å². The second kappa shape index (κ2) is 13.0. The van der Waals surface area contributed by atoms with E-state index in [0.717, 1.165) is 6.07 Å². The highest BCUT2D eigenvalue weighted by molar-refractivity contribution is 6.31. The first-order valence-electron chi connectivity index (χ1n) is 11.0. The summed E-state index contributed by atoms with van der Waals surface area (Å²) in [5.41, 5.74) is 6.46. The molecular formula is C24H27ClF5N3O3. The Kier molecular flexibility index (Phi) is 10.6. The third-order valence-corrected chi connectivity index (χ3v) is 6.13. The zero-order valence-corrected chi connectivity index (χ0v) is 20.2. The van der Waals surface area contributed by atoms with Gasteiger partial charge >= 0.3 is 0 Å². The first-order valence-corrected chi connectivity index (χ1v) is 11.3. The predicted octanol–water partition coefficient (Wildman–Crippen LogP) is 4.26. The van der Waals surface area contributed by atoms with Gasteiger partial charge in [0.2, 0.25) is 5.91 Å². The van der Waals surface area contributed by atoms with Crippen LogP contribution in [-0.4, -0.2) is 65.9 Å². The van der Waals surface area contributed by atoms with Gasteiger partial charge in [-0.3, -0.25) is 14.5 Å². The van der Waals surface area contributed by atoms with Crippen LogP contribution in [0.3, 0.4) is 0 Å². The number of hydrogen-bond acceptors (Lipinski definition) is 4. The Morgan fingerprint density at radius 1 is 1.22 bits per heavy atom. The maximum absolute atomic E-state index is 13.9. The van der Waals surface area contributed by atoms with Crippen LogP contribution in [0.4, 0.5) is 22.0 Å². The van der Waals surface area contributed by atoms with Gasteiger partial charge in [-0.05, 0) is 29.7 Å². The summed E-state index contributed by atoms with van der Waals surface area (Å²) in [6.45, 7) is -0.454. The van der Waals surface area contributed by atoms with Crippen LogP contribution in [0.2, 0.25) is 5.02 Å². The number of rotatable bonds is 8. The van der Waals surface area contributed by atoms with E-state index >= 15 is 0 Å². The topological polar surface area (TPSA) is 86.9 Å². The smallest absolute Gasteiger partial charge is 0.290 e. The molecule has 1 fully saturated rings. The van der Waals surface area contributed by atoms with Crippen molar-refractivity contribution in [1.82, 2.24) is 9.80 Å². The molecule has 2 aromatic rings. The van der Waals surface area contributed by atoms with Gasteiger partial charge in [0.15, 0.2) is 11.6 Å². The van der Waals surface area contributed by atoms with Gasteiger partial charge in [0, 0.05) is 50.1 Å². The van der Waals surface area contributed by atoms with Gasteiger partial charge in [0.1, 0.15) is 5.82 Å². The zero-order valence-electron chi connectivity index (χ0n) is 19.4. The SMILES string of the molecule is CN(C[C@@H](c1ccccc1Cl)N1CCC(F)(F)C1)C(=O)C[C@H](N)Cc1cc(F)c(F)cc1F.O=CO.